The summed E-state index contributed by atoms with van der Waals surface area (Å²) in [7, 11) is 1.49. The fourth-order valence-electron chi connectivity index (χ4n) is 2.33. The quantitative estimate of drug-likeness (QED) is 0.866. The van der Waals surface area contributed by atoms with Crippen LogP contribution >= 0.6 is 11.6 Å². The van der Waals surface area contributed by atoms with Gasteiger partial charge in [-0.25, -0.2) is 9.18 Å². The molecule has 2 rings (SSSR count). The molecule has 0 radical (unpaired) electrons. The standard InChI is InChI=1S/C16H17ClFN3O3/c1-3-7-21(9-10-11(17)5-4-6-12(10)18)15(22)14-8-13(16(23)24)19-20(14)2/h4-6,8H,3,7,9H2,1-2H3,(H,23,24). The zero-order valence-electron chi connectivity index (χ0n) is 13.3. The first-order valence-corrected chi connectivity index (χ1v) is 7.72. The highest BCUT2D eigenvalue weighted by molar-refractivity contribution is 6.31. The van der Waals surface area contributed by atoms with Crippen LogP contribution in [-0.4, -0.2) is 38.2 Å². The molecule has 0 saturated heterocycles. The van der Waals surface area contributed by atoms with E-state index in [-0.39, 0.29) is 28.5 Å². The number of aromatic nitrogens is 2. The third kappa shape index (κ3) is 3.73. The van der Waals surface area contributed by atoms with E-state index in [1.54, 1.807) is 6.07 Å². The lowest BCUT2D eigenvalue weighted by molar-refractivity contribution is 0.0688. The molecule has 0 fully saturated rings. The van der Waals surface area contributed by atoms with Crippen molar-refractivity contribution in [2.75, 3.05) is 6.54 Å². The summed E-state index contributed by atoms with van der Waals surface area (Å²) in [6.45, 7) is 2.25. The van der Waals surface area contributed by atoms with Crippen molar-refractivity contribution < 1.29 is 19.1 Å². The molecule has 0 aliphatic rings. The Morgan fingerprint density at radius 1 is 1.42 bits per heavy atom. The Kier molecular flexibility index (Phi) is 5.56. The summed E-state index contributed by atoms with van der Waals surface area (Å²) >= 11 is 6.03. The molecule has 0 aliphatic heterocycles. The van der Waals surface area contributed by atoms with Crippen molar-refractivity contribution in [1.82, 2.24) is 14.7 Å². The van der Waals surface area contributed by atoms with Gasteiger partial charge in [0.15, 0.2) is 5.69 Å². The molecule has 8 heteroatoms. The van der Waals surface area contributed by atoms with Crippen LogP contribution in [0.25, 0.3) is 0 Å². The SMILES string of the molecule is CCCN(Cc1c(F)cccc1Cl)C(=O)c1cc(C(=O)O)nn1C. The lowest BCUT2D eigenvalue weighted by Crippen LogP contribution is -2.33. The van der Waals surface area contributed by atoms with E-state index >= 15 is 0 Å². The van der Waals surface area contributed by atoms with Gasteiger partial charge in [0.2, 0.25) is 0 Å². The number of halogens is 2. The first-order chi connectivity index (χ1) is 11.3. The molecule has 0 bridgehead atoms. The van der Waals surface area contributed by atoms with E-state index in [9.17, 15) is 14.0 Å². The fraction of sp³-hybridized carbons (Fsp3) is 0.312. The van der Waals surface area contributed by atoms with Gasteiger partial charge in [0.25, 0.3) is 5.91 Å². The fourth-order valence-corrected chi connectivity index (χ4v) is 2.55. The highest BCUT2D eigenvalue weighted by atomic mass is 35.5. The number of rotatable bonds is 6. The highest BCUT2D eigenvalue weighted by Gasteiger charge is 2.23. The molecule has 1 heterocycles. The number of carboxylic acids is 1. The minimum Gasteiger partial charge on any atom is -0.476 e. The van der Waals surface area contributed by atoms with E-state index < -0.39 is 17.7 Å². The van der Waals surface area contributed by atoms with E-state index in [1.807, 2.05) is 6.92 Å². The summed E-state index contributed by atoms with van der Waals surface area (Å²) in [4.78, 5) is 25.1. The molecular weight excluding hydrogens is 337 g/mol. The zero-order valence-corrected chi connectivity index (χ0v) is 14.0. The van der Waals surface area contributed by atoms with Crippen molar-refractivity contribution in [3.63, 3.8) is 0 Å². The van der Waals surface area contributed by atoms with Crippen molar-refractivity contribution in [2.45, 2.75) is 19.9 Å². The zero-order chi connectivity index (χ0) is 17.9. The van der Waals surface area contributed by atoms with Crippen LogP contribution in [-0.2, 0) is 13.6 Å². The molecule has 24 heavy (non-hydrogen) atoms. The molecular formula is C16H17ClFN3O3. The van der Waals surface area contributed by atoms with Crippen molar-refractivity contribution in [3.05, 3.63) is 52.1 Å². The topological polar surface area (TPSA) is 75.4 Å². The van der Waals surface area contributed by atoms with Crippen LogP contribution in [0.4, 0.5) is 4.39 Å². The Balaban J connectivity index is 2.33. The van der Waals surface area contributed by atoms with E-state index in [4.69, 9.17) is 16.7 Å². The number of hydrogen-bond acceptors (Lipinski definition) is 3. The lowest BCUT2D eigenvalue weighted by Gasteiger charge is -2.23. The molecule has 0 atom stereocenters. The maximum Gasteiger partial charge on any atom is 0.356 e. The Morgan fingerprint density at radius 3 is 2.67 bits per heavy atom. The average Bonchev–Trinajstić information content (AvgIpc) is 2.91. The summed E-state index contributed by atoms with van der Waals surface area (Å²) in [5.41, 5.74) is 0.121. The first kappa shape index (κ1) is 17.9. The molecule has 1 aromatic heterocycles. The van der Waals surface area contributed by atoms with Gasteiger partial charge in [-0.2, -0.15) is 5.10 Å². The molecule has 1 N–H and O–H groups in total. The van der Waals surface area contributed by atoms with Gasteiger partial charge in [0.1, 0.15) is 11.5 Å². The van der Waals surface area contributed by atoms with Gasteiger partial charge >= 0.3 is 5.97 Å². The monoisotopic (exact) mass is 353 g/mol. The van der Waals surface area contributed by atoms with E-state index in [0.29, 0.717) is 13.0 Å². The number of carbonyl (C=O) groups is 2. The van der Waals surface area contributed by atoms with Gasteiger partial charge in [-0.05, 0) is 18.6 Å². The predicted octanol–water partition coefficient (Wildman–Crippen LogP) is 2.96. The maximum absolute atomic E-state index is 14.0. The van der Waals surface area contributed by atoms with Crippen LogP contribution < -0.4 is 0 Å². The molecule has 128 valence electrons. The van der Waals surface area contributed by atoms with Gasteiger partial charge in [0, 0.05) is 30.2 Å². The number of benzene rings is 1. The third-order valence-corrected chi connectivity index (χ3v) is 3.86. The minimum absolute atomic E-state index is 0.00817. The van der Waals surface area contributed by atoms with E-state index in [1.165, 1.54) is 34.8 Å². The van der Waals surface area contributed by atoms with Crippen LogP contribution in [0.5, 0.6) is 0 Å². The third-order valence-electron chi connectivity index (χ3n) is 3.51. The predicted molar refractivity (Wildman–Crippen MR) is 86.6 cm³/mol. The maximum atomic E-state index is 14.0. The number of nitrogens with zero attached hydrogens (tertiary/aromatic N) is 3. The molecule has 0 unspecified atom stereocenters. The molecule has 1 amide bonds. The second-order valence-electron chi connectivity index (χ2n) is 5.27. The van der Waals surface area contributed by atoms with Gasteiger partial charge in [-0.3, -0.25) is 9.48 Å². The second kappa shape index (κ2) is 7.44. The Hall–Kier alpha value is -2.41. The molecule has 6 nitrogen and oxygen atoms in total. The van der Waals surface area contributed by atoms with Crippen LogP contribution in [0.2, 0.25) is 5.02 Å². The smallest absolute Gasteiger partial charge is 0.356 e. The molecule has 0 spiro atoms. The Bertz CT molecular complexity index is 756. The van der Waals surface area contributed by atoms with E-state index in [0.717, 1.165) is 0 Å². The number of aryl methyl sites for hydroxylation is 1. The van der Waals surface area contributed by atoms with Gasteiger partial charge < -0.3 is 10.0 Å². The summed E-state index contributed by atoms with van der Waals surface area (Å²) < 4.78 is 15.2. The van der Waals surface area contributed by atoms with Crippen LogP contribution in [0.15, 0.2) is 24.3 Å². The number of hydrogen-bond donors (Lipinski definition) is 1. The summed E-state index contributed by atoms with van der Waals surface area (Å²) in [5.74, 6) is -2.14. The molecule has 2 aromatic rings. The largest absolute Gasteiger partial charge is 0.476 e. The van der Waals surface area contributed by atoms with Gasteiger partial charge in [0.05, 0.1) is 6.54 Å². The Morgan fingerprint density at radius 2 is 2.12 bits per heavy atom. The number of amides is 1. The Labute approximate surface area is 143 Å². The number of carbonyl (C=O) groups excluding carboxylic acids is 1. The van der Waals surface area contributed by atoms with Crippen molar-refractivity contribution in [3.8, 4) is 0 Å². The van der Waals surface area contributed by atoms with Gasteiger partial charge in [-0.1, -0.05) is 24.6 Å². The van der Waals surface area contributed by atoms with Crippen molar-refractivity contribution in [2.24, 2.45) is 7.05 Å². The van der Waals surface area contributed by atoms with Crippen LogP contribution in [0.1, 0.15) is 39.9 Å². The summed E-state index contributed by atoms with van der Waals surface area (Å²) in [5, 5.41) is 13.0. The van der Waals surface area contributed by atoms with Crippen molar-refractivity contribution in [1.29, 1.82) is 0 Å². The lowest BCUT2D eigenvalue weighted by atomic mass is 10.1. The normalized spacial score (nSPS) is 10.7. The van der Waals surface area contributed by atoms with Crippen LogP contribution in [0, 0.1) is 5.82 Å². The first-order valence-electron chi connectivity index (χ1n) is 7.34. The van der Waals surface area contributed by atoms with Crippen LogP contribution in [0.3, 0.4) is 0 Å². The molecule has 1 aromatic carbocycles. The molecule has 0 saturated carbocycles. The van der Waals surface area contributed by atoms with Gasteiger partial charge in [-0.15, -0.1) is 0 Å². The number of carboxylic acid groups (broad SMARTS) is 1. The minimum atomic E-state index is -1.22. The highest BCUT2D eigenvalue weighted by Crippen LogP contribution is 2.22. The molecule has 0 aliphatic carbocycles. The van der Waals surface area contributed by atoms with E-state index in [2.05, 4.69) is 5.10 Å². The van der Waals surface area contributed by atoms with Crippen molar-refractivity contribution >= 4 is 23.5 Å². The number of aromatic carboxylic acids is 1. The average molecular weight is 354 g/mol. The summed E-state index contributed by atoms with van der Waals surface area (Å²) in [6, 6.07) is 5.54. The second-order valence-corrected chi connectivity index (χ2v) is 5.68. The summed E-state index contributed by atoms with van der Waals surface area (Å²) in [6.07, 6.45) is 0.654.